The molecule has 4 rings (SSSR count). The molecule has 0 bridgehead atoms. The molecule has 11 atom stereocenters. The van der Waals surface area contributed by atoms with Crippen molar-refractivity contribution in [3.05, 3.63) is 74.9 Å². The molecule has 2 aromatic rings. The first kappa shape index (κ1) is 83.8. The van der Waals surface area contributed by atoms with E-state index >= 15 is 0 Å². The minimum absolute atomic E-state index is 0.00960. The first-order chi connectivity index (χ1) is 46.6. The lowest BCUT2D eigenvalue weighted by Gasteiger charge is -2.41. The lowest BCUT2D eigenvalue weighted by molar-refractivity contribution is -0.149. The number of methoxy groups -OCH3 is 2. The number of nitrogens with zero attached hydrogens (tertiary/aromatic N) is 7. The summed E-state index contributed by atoms with van der Waals surface area (Å²) in [7, 11) is 8.44. The predicted molar refractivity (Wildman–Crippen MR) is 358 cm³/mol. The summed E-state index contributed by atoms with van der Waals surface area (Å²) in [5.41, 5.74) is 15.9. The normalized spacial score (nSPS) is 17.3. The Bertz CT molecular complexity index is 3130. The predicted octanol–water partition coefficient (Wildman–Crippen LogP) is 8.36. The Labute approximate surface area is 578 Å². The molecule has 0 spiro atoms. The number of carbonyl (C=O) groups excluding carboxylic acids is 10. The van der Waals surface area contributed by atoms with Gasteiger partial charge in [-0.3, -0.25) is 48.1 Å². The Morgan fingerprint density at radius 1 is 0.717 bits per heavy atom. The number of carbonyl (C=O) groups is 10. The molecule has 0 radical (unpaired) electrons. The first-order valence-electron chi connectivity index (χ1n) is 34.2. The number of urea groups is 1. The Hall–Kier alpha value is -7.62. The minimum Gasteiger partial charge on any atom is -0.420 e. The van der Waals surface area contributed by atoms with E-state index in [0.717, 1.165) is 0 Å². The molecule has 2 heterocycles. The monoisotopic (exact) mass is 1400 g/mol. The molecule has 7 amide bonds. The van der Waals surface area contributed by atoms with E-state index in [-0.39, 0.29) is 138 Å². The maximum Gasteiger partial charge on any atom is 0.314 e. The smallest absolute Gasteiger partial charge is 0.314 e. The number of hydrogen-bond acceptors (Lipinski definition) is 15. The number of likely N-dealkylation sites (N-methyl/N-ethyl adjacent to an activating group) is 2. The summed E-state index contributed by atoms with van der Waals surface area (Å²) in [6.07, 6.45) is -0.223. The average Bonchev–Trinajstić information content (AvgIpc) is 1.72. The molecule has 2 fully saturated rings. The third kappa shape index (κ3) is 23.8. The minimum atomic E-state index is -2.41. The number of esters is 1. The molecule has 99 heavy (non-hydrogen) atoms. The van der Waals surface area contributed by atoms with Crippen molar-refractivity contribution in [2.24, 2.45) is 58.2 Å². The van der Waals surface area contributed by atoms with Crippen LogP contribution in [0.3, 0.4) is 0 Å². The van der Waals surface area contributed by atoms with Crippen molar-refractivity contribution in [2.45, 2.75) is 195 Å². The van der Waals surface area contributed by atoms with E-state index in [1.54, 1.807) is 61.9 Å². The van der Waals surface area contributed by atoms with Crippen molar-refractivity contribution in [1.29, 1.82) is 0 Å². The van der Waals surface area contributed by atoms with Crippen LogP contribution >= 0.6 is 0 Å². The average molecular weight is 1400 g/mol. The number of likely N-dealkylation sites (tertiary alicyclic amines) is 2. The van der Waals surface area contributed by atoms with E-state index < -0.39 is 142 Å². The number of rotatable bonds is 40. The molecule has 24 nitrogen and oxygen atoms in total. The number of azide groups is 1. The Morgan fingerprint density at radius 3 is 1.85 bits per heavy atom. The van der Waals surface area contributed by atoms with Gasteiger partial charge in [-0.25, -0.2) is 18.0 Å². The van der Waals surface area contributed by atoms with Crippen LogP contribution in [0.2, 0.25) is 0 Å². The number of benzene rings is 2. The zero-order valence-electron chi connectivity index (χ0n) is 59.8. The van der Waals surface area contributed by atoms with Gasteiger partial charge in [0.25, 0.3) is 0 Å². The maximum atomic E-state index is 14.6. The Balaban J connectivity index is 1.39. The highest BCUT2D eigenvalue weighted by Gasteiger charge is 2.44. The van der Waals surface area contributed by atoms with E-state index in [9.17, 15) is 75.4 Å². The largest absolute Gasteiger partial charge is 0.420 e. The number of nitrogens with two attached hydrogens (primary N) is 1. The number of ketones is 3. The fraction of sp³-hybridized carbons (Fsp3) is 0.686. The van der Waals surface area contributed by atoms with Crippen LogP contribution in [0.5, 0.6) is 5.75 Å². The van der Waals surface area contributed by atoms with Crippen molar-refractivity contribution >= 4 is 58.9 Å². The summed E-state index contributed by atoms with van der Waals surface area (Å²) in [6.45, 7) is 17.3. The van der Waals surface area contributed by atoms with Gasteiger partial charge >= 0.3 is 12.0 Å². The SMILES string of the molecule is CC[C@H](C)C([C@@H](CC(=O)N1CCC[C@H]1[C@H](OC)[C@@H](C)C(=O)N[C@H](CN=[N+]=[N-])Cc1ccc(CC(=O)[C@H](CCCNC(N)=O)NC(=O)[C@@H](CC(=O)CCC(=O)N2CCC(C(=O)Oc3c(F)c(F)c(F)c(F)c3F)CC2)C(C)C)cc1)OC)N(C)C(=O)[C@@H](CC(=O)[C@H](C(C)C)N(C)C)C(C)C. The van der Waals surface area contributed by atoms with Gasteiger partial charge in [0, 0.05) is 109 Å². The fourth-order valence-corrected chi connectivity index (χ4v) is 13.5. The molecule has 1 unspecified atom stereocenters. The van der Waals surface area contributed by atoms with Gasteiger partial charge in [-0.05, 0) is 99.4 Å². The second kappa shape index (κ2) is 40.0. The van der Waals surface area contributed by atoms with E-state index in [0.29, 0.717) is 36.9 Å². The Kier molecular flexibility index (Phi) is 33.8. The van der Waals surface area contributed by atoms with E-state index in [2.05, 4.69) is 30.7 Å². The molecule has 0 aromatic heterocycles. The number of ether oxygens (including phenoxy) is 3. The molecule has 5 N–H and O–H groups in total. The zero-order valence-corrected chi connectivity index (χ0v) is 59.8. The lowest BCUT2D eigenvalue weighted by atomic mass is 9.83. The van der Waals surface area contributed by atoms with Crippen molar-refractivity contribution in [1.82, 2.24) is 35.6 Å². The highest BCUT2D eigenvalue weighted by molar-refractivity contribution is 5.94. The number of piperidine rings is 1. The summed E-state index contributed by atoms with van der Waals surface area (Å²) in [6, 6.07) is 2.96. The number of primary amides is 1. The van der Waals surface area contributed by atoms with Crippen molar-refractivity contribution < 1.29 is 84.1 Å². The van der Waals surface area contributed by atoms with Crippen LogP contribution in [0.25, 0.3) is 10.4 Å². The van der Waals surface area contributed by atoms with Gasteiger partial charge in [0.15, 0.2) is 11.6 Å². The number of Topliss-reactive ketones (excluding diaryl/α,β-unsaturated/α-hetero) is 3. The van der Waals surface area contributed by atoms with Crippen LogP contribution in [-0.4, -0.2) is 189 Å². The molecule has 2 aliphatic rings. The van der Waals surface area contributed by atoms with Gasteiger partial charge in [-0.2, -0.15) is 8.78 Å². The van der Waals surface area contributed by atoms with Gasteiger partial charge in [0.1, 0.15) is 5.78 Å². The number of hydrogen-bond donors (Lipinski definition) is 4. The lowest BCUT2D eigenvalue weighted by Crippen LogP contribution is -2.54. The van der Waals surface area contributed by atoms with E-state index in [1.165, 1.54) is 19.1 Å². The number of halogens is 5. The Morgan fingerprint density at radius 2 is 1.31 bits per heavy atom. The van der Waals surface area contributed by atoms with Crippen LogP contribution in [0.15, 0.2) is 29.4 Å². The standard InChI is InChI=1S/C70H104F5N11O13/c1-15-41(8)63(84(12)68(94)49(39(4)5)35-53(89)62(40(6)7)83(10)11)54(97-13)36-56(91)86-29-17-19-51(86)64(98-14)42(9)66(92)80-46(37-79-82-77)32-43-20-22-44(23-21-43)33-52(88)50(18-16-28-78-70(76)96)81-67(93)48(38(2)3)34-47(87)24-25-55(90)85-30-26-45(27-31-85)69(95)99-65-60(74)58(72)57(71)59(73)61(65)75/h20-23,38-42,45-46,48-51,54,62-64H,15-19,24-37H2,1-14H3,(H,80,92)(H,81,93)(H3,76,78,96)/t41-,42+,46-,48-,49-,50-,51-,54+,62-,63?,64+/m0/s1. The topological polar surface area (TPSA) is 322 Å². The summed E-state index contributed by atoms with van der Waals surface area (Å²) in [5, 5.41) is 12.1. The summed E-state index contributed by atoms with van der Waals surface area (Å²) in [5.74, 6) is -21.3. The highest BCUT2D eigenvalue weighted by Crippen LogP contribution is 2.34. The quantitative estimate of drug-likeness (QED) is 0.00561. The van der Waals surface area contributed by atoms with Crippen LogP contribution in [0.1, 0.15) is 150 Å². The second-order valence-electron chi connectivity index (χ2n) is 27.6. The molecule has 0 saturated carbocycles. The molecular formula is C70H104F5N11O13. The first-order valence-corrected chi connectivity index (χ1v) is 34.2. The van der Waals surface area contributed by atoms with Crippen molar-refractivity contribution in [2.75, 3.05) is 68.1 Å². The molecule has 2 aliphatic heterocycles. The van der Waals surface area contributed by atoms with Gasteiger partial charge < -0.3 is 50.6 Å². The van der Waals surface area contributed by atoms with Crippen LogP contribution in [-0.2, 0) is 65.5 Å². The summed E-state index contributed by atoms with van der Waals surface area (Å²) in [4.78, 5) is 146. The van der Waals surface area contributed by atoms with Crippen LogP contribution < -0.4 is 26.4 Å². The third-order valence-electron chi connectivity index (χ3n) is 19.3. The number of nitrogens with one attached hydrogen (secondary N) is 3. The van der Waals surface area contributed by atoms with Gasteiger partial charge in [0.2, 0.25) is 64.4 Å². The molecule has 2 aromatic carbocycles. The van der Waals surface area contributed by atoms with Crippen molar-refractivity contribution in [3.63, 3.8) is 0 Å². The summed E-state index contributed by atoms with van der Waals surface area (Å²) < 4.78 is 85.9. The number of amides is 7. The second-order valence-corrected chi connectivity index (χ2v) is 27.6. The highest BCUT2D eigenvalue weighted by atomic mass is 19.2. The zero-order chi connectivity index (χ0) is 74.3. The molecule has 2 saturated heterocycles. The molecule has 552 valence electrons. The van der Waals surface area contributed by atoms with E-state index in [1.807, 2.05) is 60.5 Å². The van der Waals surface area contributed by atoms with E-state index in [4.69, 9.17) is 15.2 Å². The van der Waals surface area contributed by atoms with Gasteiger partial charge in [0.05, 0.1) is 54.6 Å². The fourth-order valence-electron chi connectivity index (χ4n) is 13.5. The van der Waals surface area contributed by atoms with Crippen LogP contribution in [0.4, 0.5) is 26.7 Å². The van der Waals surface area contributed by atoms with Crippen LogP contribution in [0, 0.1) is 76.4 Å². The van der Waals surface area contributed by atoms with Gasteiger partial charge in [-0.1, -0.05) is 98.1 Å². The third-order valence-corrected chi connectivity index (χ3v) is 19.3. The maximum absolute atomic E-state index is 14.6. The van der Waals surface area contributed by atoms with Crippen molar-refractivity contribution in [3.8, 4) is 5.75 Å². The van der Waals surface area contributed by atoms with Gasteiger partial charge in [-0.15, -0.1) is 0 Å². The molecular weight excluding hydrogens is 1300 g/mol. The molecule has 0 aliphatic carbocycles. The molecule has 29 heteroatoms. The summed E-state index contributed by atoms with van der Waals surface area (Å²) >= 11 is 0.